The summed E-state index contributed by atoms with van der Waals surface area (Å²) in [5, 5.41) is 6.94. The summed E-state index contributed by atoms with van der Waals surface area (Å²) in [6.07, 6.45) is 1.59. The van der Waals surface area contributed by atoms with Crippen LogP contribution in [0.25, 0.3) is 0 Å². The molecule has 4 rings (SSSR count). The molecule has 3 aromatic rings. The van der Waals surface area contributed by atoms with Crippen molar-refractivity contribution in [1.82, 2.24) is 9.97 Å². The van der Waals surface area contributed by atoms with Crippen molar-refractivity contribution < 1.29 is 0 Å². The molecule has 0 saturated heterocycles. The summed E-state index contributed by atoms with van der Waals surface area (Å²) in [5.41, 5.74) is 1.88. The largest absolute Gasteiger partial charge is 0.339 e. The van der Waals surface area contributed by atoms with Crippen LogP contribution in [0.5, 0.6) is 0 Å². The summed E-state index contributed by atoms with van der Waals surface area (Å²) in [4.78, 5) is 11.0. The SMILES string of the molecule is Clc1cnc2nc1Nc1cccc(c1)SSc1cccc(c1)N2. The molecule has 6 bridgehead atoms. The monoisotopic (exact) mass is 358 g/mol. The molecular weight excluding hydrogens is 348 g/mol. The van der Waals surface area contributed by atoms with Gasteiger partial charge in [-0.1, -0.05) is 45.3 Å². The molecule has 2 aromatic carbocycles. The van der Waals surface area contributed by atoms with Crippen LogP contribution in [0.4, 0.5) is 23.1 Å². The fourth-order valence-electron chi connectivity index (χ4n) is 2.13. The number of nitrogens with one attached hydrogen (secondary N) is 2. The highest BCUT2D eigenvalue weighted by Gasteiger charge is 2.09. The average molecular weight is 359 g/mol. The number of halogens is 1. The topological polar surface area (TPSA) is 49.8 Å². The summed E-state index contributed by atoms with van der Waals surface area (Å²) < 4.78 is 0. The molecule has 1 aliphatic heterocycles. The van der Waals surface area contributed by atoms with Crippen LogP contribution in [0.1, 0.15) is 0 Å². The van der Waals surface area contributed by atoms with Crippen LogP contribution in [-0.4, -0.2) is 9.97 Å². The minimum Gasteiger partial charge on any atom is -0.339 e. The fraction of sp³-hybridized carbons (Fsp3) is 0. The standard InChI is InChI=1S/C16H11ClN4S2/c17-14-9-18-16-20-11-4-2-6-13(8-11)23-22-12-5-1-3-10(7-12)19-15(14)21-16/h1-9H,(H2,18,19,20,21). The van der Waals surface area contributed by atoms with Crippen molar-refractivity contribution in [2.24, 2.45) is 0 Å². The van der Waals surface area contributed by atoms with E-state index in [2.05, 4.69) is 44.9 Å². The molecule has 0 unspecified atom stereocenters. The van der Waals surface area contributed by atoms with Gasteiger partial charge in [-0.05, 0) is 36.4 Å². The van der Waals surface area contributed by atoms with Gasteiger partial charge in [0.05, 0.1) is 6.20 Å². The van der Waals surface area contributed by atoms with E-state index in [0.717, 1.165) is 21.2 Å². The van der Waals surface area contributed by atoms with Crippen LogP contribution in [0.15, 0.2) is 64.5 Å². The zero-order valence-corrected chi connectivity index (χ0v) is 14.2. The molecule has 114 valence electrons. The van der Waals surface area contributed by atoms with Gasteiger partial charge in [0.1, 0.15) is 5.02 Å². The van der Waals surface area contributed by atoms with E-state index in [4.69, 9.17) is 11.6 Å². The highest BCUT2D eigenvalue weighted by Crippen LogP contribution is 2.39. The van der Waals surface area contributed by atoms with Gasteiger partial charge >= 0.3 is 0 Å². The third-order valence-corrected chi connectivity index (χ3v) is 5.82. The Labute approximate surface area is 146 Å². The summed E-state index contributed by atoms with van der Waals surface area (Å²) in [6.45, 7) is 0. The second-order valence-corrected chi connectivity index (χ2v) is 7.55. The third-order valence-electron chi connectivity index (χ3n) is 3.17. The van der Waals surface area contributed by atoms with Gasteiger partial charge in [-0.25, -0.2) is 4.98 Å². The predicted molar refractivity (Wildman–Crippen MR) is 98.2 cm³/mol. The van der Waals surface area contributed by atoms with E-state index < -0.39 is 0 Å². The molecule has 0 aliphatic carbocycles. The molecule has 0 spiro atoms. The molecular formula is C16H11ClN4S2. The number of hydrogen-bond donors (Lipinski definition) is 2. The zero-order valence-electron chi connectivity index (χ0n) is 11.8. The number of rotatable bonds is 0. The van der Waals surface area contributed by atoms with Crippen molar-refractivity contribution in [3.05, 3.63) is 59.8 Å². The molecule has 1 aromatic heterocycles. The van der Waals surface area contributed by atoms with Crippen molar-refractivity contribution >= 4 is 56.3 Å². The van der Waals surface area contributed by atoms with Gasteiger partial charge in [0.15, 0.2) is 5.82 Å². The number of anilines is 4. The molecule has 0 fully saturated rings. The zero-order chi connectivity index (χ0) is 15.6. The Hall–Kier alpha value is -1.89. The van der Waals surface area contributed by atoms with Crippen molar-refractivity contribution in [2.75, 3.05) is 10.6 Å². The smallest absolute Gasteiger partial charge is 0.229 e. The Balaban J connectivity index is 1.83. The maximum atomic E-state index is 6.21. The van der Waals surface area contributed by atoms with E-state index in [0.29, 0.717) is 16.8 Å². The lowest BCUT2D eigenvalue weighted by molar-refractivity contribution is 1.16. The van der Waals surface area contributed by atoms with E-state index in [1.807, 2.05) is 24.3 Å². The molecule has 0 atom stereocenters. The first-order chi connectivity index (χ1) is 11.3. The lowest BCUT2D eigenvalue weighted by Crippen LogP contribution is -2.01. The maximum Gasteiger partial charge on any atom is 0.229 e. The summed E-state index contributed by atoms with van der Waals surface area (Å²) in [5.74, 6) is 1.08. The number of hydrogen-bond acceptors (Lipinski definition) is 6. The minimum absolute atomic E-state index is 0.478. The quantitative estimate of drug-likeness (QED) is 0.500. The lowest BCUT2D eigenvalue weighted by Gasteiger charge is -2.10. The predicted octanol–water partition coefficient (Wildman–Crippen LogP) is 5.73. The minimum atomic E-state index is 0.478. The van der Waals surface area contributed by atoms with Gasteiger partial charge in [-0.3, -0.25) is 0 Å². The van der Waals surface area contributed by atoms with Crippen molar-refractivity contribution in [3.63, 3.8) is 0 Å². The second-order valence-electron chi connectivity index (χ2n) is 4.86. The number of benzene rings is 2. The molecule has 23 heavy (non-hydrogen) atoms. The van der Waals surface area contributed by atoms with Crippen LogP contribution in [0.2, 0.25) is 5.02 Å². The first-order valence-electron chi connectivity index (χ1n) is 6.87. The van der Waals surface area contributed by atoms with E-state index in [-0.39, 0.29) is 0 Å². The third kappa shape index (κ3) is 3.39. The van der Waals surface area contributed by atoms with E-state index in [9.17, 15) is 0 Å². The number of nitrogens with zero attached hydrogens (tertiary/aromatic N) is 2. The Kier molecular flexibility index (Phi) is 4.03. The van der Waals surface area contributed by atoms with Gasteiger partial charge in [-0.2, -0.15) is 4.98 Å². The first kappa shape index (κ1) is 14.7. The van der Waals surface area contributed by atoms with Crippen LogP contribution >= 0.6 is 33.2 Å². The van der Waals surface area contributed by atoms with Crippen LogP contribution in [-0.2, 0) is 0 Å². The molecule has 0 amide bonds. The van der Waals surface area contributed by atoms with Gasteiger partial charge in [-0.15, -0.1) is 0 Å². The van der Waals surface area contributed by atoms with E-state index >= 15 is 0 Å². The van der Waals surface area contributed by atoms with Crippen molar-refractivity contribution in [1.29, 1.82) is 0 Å². The molecule has 0 radical (unpaired) electrons. The molecule has 7 heteroatoms. The Morgan fingerprint density at radius 3 is 2.22 bits per heavy atom. The summed E-state index contributed by atoms with van der Waals surface area (Å²) in [7, 11) is 3.42. The average Bonchev–Trinajstić information content (AvgIpc) is 2.57. The Morgan fingerprint density at radius 2 is 1.52 bits per heavy atom. The van der Waals surface area contributed by atoms with Gasteiger partial charge in [0.25, 0.3) is 0 Å². The highest BCUT2D eigenvalue weighted by molar-refractivity contribution is 8.76. The van der Waals surface area contributed by atoms with E-state index in [1.165, 1.54) is 0 Å². The van der Waals surface area contributed by atoms with Gasteiger partial charge in [0.2, 0.25) is 5.95 Å². The lowest BCUT2D eigenvalue weighted by atomic mass is 10.3. The fourth-order valence-corrected chi connectivity index (χ4v) is 4.28. The maximum absolute atomic E-state index is 6.21. The Morgan fingerprint density at radius 1 is 0.870 bits per heavy atom. The molecule has 1 aliphatic rings. The normalized spacial score (nSPS) is 12.9. The van der Waals surface area contributed by atoms with Crippen molar-refractivity contribution in [3.8, 4) is 0 Å². The molecule has 0 saturated carbocycles. The van der Waals surface area contributed by atoms with Crippen LogP contribution in [0, 0.1) is 0 Å². The summed E-state index contributed by atoms with van der Waals surface area (Å²) in [6, 6.07) is 16.3. The number of fused-ring (bicyclic) bond motifs is 6. The second kappa shape index (κ2) is 6.31. The van der Waals surface area contributed by atoms with Crippen LogP contribution in [0.3, 0.4) is 0 Å². The highest BCUT2D eigenvalue weighted by atomic mass is 35.5. The first-order valence-corrected chi connectivity index (χ1v) is 9.40. The number of aromatic nitrogens is 2. The Bertz CT molecular complexity index is 872. The summed E-state index contributed by atoms with van der Waals surface area (Å²) >= 11 is 6.21. The van der Waals surface area contributed by atoms with Crippen molar-refractivity contribution in [2.45, 2.75) is 9.79 Å². The molecule has 4 nitrogen and oxygen atoms in total. The molecule has 2 N–H and O–H groups in total. The van der Waals surface area contributed by atoms with Crippen LogP contribution < -0.4 is 10.6 Å². The van der Waals surface area contributed by atoms with E-state index in [1.54, 1.807) is 27.8 Å². The molecule has 2 heterocycles. The van der Waals surface area contributed by atoms with Gasteiger partial charge in [0, 0.05) is 21.2 Å². The van der Waals surface area contributed by atoms with Gasteiger partial charge < -0.3 is 10.6 Å².